The number of methoxy groups -OCH3 is 1. The molecule has 1 aromatic carbocycles. The number of ether oxygens (including phenoxy) is 1. The van der Waals surface area contributed by atoms with E-state index in [1.807, 2.05) is 0 Å². The molecule has 0 aliphatic carbocycles. The first-order valence-electron chi connectivity index (χ1n) is 7.92. The van der Waals surface area contributed by atoms with Crippen molar-refractivity contribution in [3.8, 4) is 0 Å². The lowest BCUT2D eigenvalue weighted by Crippen LogP contribution is -2.31. The maximum absolute atomic E-state index is 12.4. The molecule has 1 amide bonds. The molecule has 142 valence electrons. The zero-order valence-electron chi connectivity index (χ0n) is 14.5. The van der Waals surface area contributed by atoms with Crippen LogP contribution in [0.5, 0.6) is 0 Å². The largest absolute Gasteiger partial charge is 0.466 e. The molecule has 26 heavy (non-hydrogen) atoms. The third-order valence-electron chi connectivity index (χ3n) is 3.72. The van der Waals surface area contributed by atoms with Gasteiger partial charge in [-0.1, -0.05) is 6.92 Å². The number of carbonyl (C=O) groups excluding carboxylic acids is 2. The quantitative estimate of drug-likeness (QED) is 0.524. The Labute approximate surface area is 151 Å². The van der Waals surface area contributed by atoms with E-state index in [0.717, 1.165) is 0 Å². The third-order valence-corrected chi connectivity index (χ3v) is 5.28. The molecule has 9 nitrogen and oxygen atoms in total. The van der Waals surface area contributed by atoms with Gasteiger partial charge in [0.05, 0.1) is 30.7 Å². The van der Waals surface area contributed by atoms with Crippen molar-refractivity contribution in [3.05, 3.63) is 35.5 Å². The Kier molecular flexibility index (Phi) is 6.35. The number of amides is 1. The molecule has 0 unspecified atom stereocenters. The molecule has 0 atom stereocenters. The van der Waals surface area contributed by atoms with E-state index in [4.69, 9.17) is 9.84 Å². The van der Waals surface area contributed by atoms with Crippen LogP contribution in [0.4, 0.5) is 5.69 Å². The second kappa shape index (κ2) is 8.30. The predicted molar refractivity (Wildman–Crippen MR) is 93.6 cm³/mol. The number of hydrogen-bond donors (Lipinski definition) is 3. The van der Waals surface area contributed by atoms with Gasteiger partial charge in [0.1, 0.15) is 5.70 Å². The number of rotatable bonds is 8. The van der Waals surface area contributed by atoms with Gasteiger partial charge in [-0.05, 0) is 24.3 Å². The zero-order chi connectivity index (χ0) is 19.3. The summed E-state index contributed by atoms with van der Waals surface area (Å²) in [5, 5.41) is 11.9. The molecule has 0 bridgehead atoms. The summed E-state index contributed by atoms with van der Waals surface area (Å²) in [5.41, 5.74) is 0.638. The molecular formula is C16H21N3O6S. The summed E-state index contributed by atoms with van der Waals surface area (Å²) in [4.78, 5) is 25.7. The van der Waals surface area contributed by atoms with E-state index in [-0.39, 0.29) is 42.4 Å². The monoisotopic (exact) mass is 383 g/mol. The summed E-state index contributed by atoms with van der Waals surface area (Å²) in [6.45, 7) is 1.83. The van der Waals surface area contributed by atoms with E-state index in [1.165, 1.54) is 36.3 Å². The molecule has 10 heteroatoms. The second-order valence-corrected chi connectivity index (χ2v) is 7.21. The average Bonchev–Trinajstić information content (AvgIpc) is 2.91. The van der Waals surface area contributed by atoms with E-state index >= 15 is 0 Å². The SMILES string of the molecule is CCNS(=O)(=O)c1ccc(NC2=C(C(=O)OC)CN(CCO)C2=O)cc1. The maximum atomic E-state index is 12.4. The van der Waals surface area contributed by atoms with Crippen molar-refractivity contribution in [2.75, 3.05) is 38.7 Å². The molecule has 0 fully saturated rings. The molecule has 1 heterocycles. The fourth-order valence-corrected chi connectivity index (χ4v) is 3.53. The molecule has 0 spiro atoms. The average molecular weight is 383 g/mol. The molecular weight excluding hydrogens is 362 g/mol. The third kappa shape index (κ3) is 4.21. The van der Waals surface area contributed by atoms with E-state index in [9.17, 15) is 18.0 Å². The summed E-state index contributed by atoms with van der Waals surface area (Å²) < 4.78 is 31.0. The van der Waals surface area contributed by atoms with Crippen molar-refractivity contribution in [3.63, 3.8) is 0 Å². The van der Waals surface area contributed by atoms with Crippen molar-refractivity contribution in [2.45, 2.75) is 11.8 Å². The predicted octanol–water partition coefficient (Wildman–Crippen LogP) is -0.342. The van der Waals surface area contributed by atoms with Crippen LogP contribution in [0.3, 0.4) is 0 Å². The highest BCUT2D eigenvalue weighted by molar-refractivity contribution is 7.89. The van der Waals surface area contributed by atoms with Crippen LogP contribution < -0.4 is 10.0 Å². The van der Waals surface area contributed by atoms with Gasteiger partial charge in [-0.3, -0.25) is 4.79 Å². The van der Waals surface area contributed by atoms with Gasteiger partial charge in [-0.25, -0.2) is 17.9 Å². The number of nitrogens with zero attached hydrogens (tertiary/aromatic N) is 1. The van der Waals surface area contributed by atoms with Crippen LogP contribution in [-0.4, -0.2) is 63.7 Å². The van der Waals surface area contributed by atoms with Gasteiger partial charge >= 0.3 is 5.97 Å². The smallest absolute Gasteiger partial charge is 0.337 e. The number of nitrogens with one attached hydrogen (secondary N) is 2. The molecule has 0 saturated heterocycles. The van der Waals surface area contributed by atoms with E-state index in [2.05, 4.69) is 10.0 Å². The molecule has 0 aromatic heterocycles. The number of hydrogen-bond acceptors (Lipinski definition) is 7. The van der Waals surface area contributed by atoms with Crippen LogP contribution in [-0.2, 0) is 24.3 Å². The highest BCUT2D eigenvalue weighted by atomic mass is 32.2. The van der Waals surface area contributed by atoms with Gasteiger partial charge in [0, 0.05) is 18.8 Å². The molecule has 2 rings (SSSR count). The van der Waals surface area contributed by atoms with E-state index < -0.39 is 21.9 Å². The van der Waals surface area contributed by atoms with Gasteiger partial charge in [0.15, 0.2) is 0 Å². The summed E-state index contributed by atoms with van der Waals surface area (Å²) in [6.07, 6.45) is 0. The Hall–Kier alpha value is -2.43. The summed E-state index contributed by atoms with van der Waals surface area (Å²) >= 11 is 0. The highest BCUT2D eigenvalue weighted by Crippen LogP contribution is 2.23. The Balaban J connectivity index is 2.27. The Bertz CT molecular complexity index is 817. The second-order valence-electron chi connectivity index (χ2n) is 5.45. The molecule has 0 radical (unpaired) electrons. The lowest BCUT2D eigenvalue weighted by molar-refractivity contribution is -0.136. The highest BCUT2D eigenvalue weighted by Gasteiger charge is 2.34. The molecule has 1 aromatic rings. The summed E-state index contributed by atoms with van der Waals surface area (Å²) in [7, 11) is -2.36. The molecule has 3 N–H and O–H groups in total. The molecule has 1 aliphatic rings. The van der Waals surface area contributed by atoms with Crippen LogP contribution in [0, 0.1) is 0 Å². The first-order chi connectivity index (χ1) is 12.3. The number of β-amino-alcohol motifs (C(OH)–C–C–N with tert-alkyl or cyclic N) is 1. The Morgan fingerprint density at radius 1 is 1.31 bits per heavy atom. The van der Waals surface area contributed by atoms with Gasteiger partial charge in [-0.2, -0.15) is 0 Å². The van der Waals surface area contributed by atoms with Crippen molar-refractivity contribution in [1.82, 2.24) is 9.62 Å². The minimum Gasteiger partial charge on any atom is -0.466 e. The van der Waals surface area contributed by atoms with Crippen molar-refractivity contribution < 1.29 is 27.9 Å². The number of aliphatic hydroxyl groups excluding tert-OH is 1. The number of benzene rings is 1. The van der Waals surface area contributed by atoms with E-state index in [1.54, 1.807) is 6.92 Å². The lowest BCUT2D eigenvalue weighted by atomic mass is 10.2. The van der Waals surface area contributed by atoms with E-state index in [0.29, 0.717) is 5.69 Å². The number of anilines is 1. The lowest BCUT2D eigenvalue weighted by Gasteiger charge is -2.15. The number of aliphatic hydroxyl groups is 1. The minimum absolute atomic E-state index is 0.0291. The first kappa shape index (κ1) is 19.9. The summed E-state index contributed by atoms with van der Waals surface area (Å²) in [6, 6.07) is 5.77. The Morgan fingerprint density at radius 2 is 1.96 bits per heavy atom. The van der Waals surface area contributed by atoms with Crippen LogP contribution in [0.2, 0.25) is 0 Å². The van der Waals surface area contributed by atoms with Gasteiger partial charge < -0.3 is 20.1 Å². The van der Waals surface area contributed by atoms with Gasteiger partial charge in [0.2, 0.25) is 10.0 Å². The minimum atomic E-state index is -3.58. The van der Waals surface area contributed by atoms with Crippen molar-refractivity contribution in [1.29, 1.82) is 0 Å². The number of esters is 1. The normalized spacial score (nSPS) is 14.7. The van der Waals surface area contributed by atoms with Crippen molar-refractivity contribution in [2.24, 2.45) is 0 Å². The fourth-order valence-electron chi connectivity index (χ4n) is 2.48. The van der Waals surface area contributed by atoms with Crippen LogP contribution in [0.25, 0.3) is 0 Å². The molecule has 1 aliphatic heterocycles. The van der Waals surface area contributed by atoms with Crippen LogP contribution >= 0.6 is 0 Å². The maximum Gasteiger partial charge on any atom is 0.337 e. The fraction of sp³-hybridized carbons (Fsp3) is 0.375. The topological polar surface area (TPSA) is 125 Å². The van der Waals surface area contributed by atoms with Gasteiger partial charge in [0.25, 0.3) is 5.91 Å². The number of sulfonamides is 1. The zero-order valence-corrected chi connectivity index (χ0v) is 15.3. The first-order valence-corrected chi connectivity index (χ1v) is 9.40. The number of carbonyl (C=O) groups is 2. The Morgan fingerprint density at radius 3 is 2.50 bits per heavy atom. The van der Waals surface area contributed by atoms with Crippen molar-refractivity contribution >= 4 is 27.6 Å². The summed E-state index contributed by atoms with van der Waals surface area (Å²) in [5.74, 6) is -1.09. The van der Waals surface area contributed by atoms with Crippen LogP contribution in [0.1, 0.15) is 6.92 Å². The standard InChI is InChI=1S/C16H21N3O6S/c1-3-17-26(23,24)12-6-4-11(5-7-12)18-14-13(16(22)25-2)10-19(8-9-20)15(14)21/h4-7,17-18,20H,3,8-10H2,1-2H3. The van der Waals surface area contributed by atoms with Gasteiger partial charge in [-0.15, -0.1) is 0 Å². The molecule has 0 saturated carbocycles. The van der Waals surface area contributed by atoms with Crippen LogP contribution in [0.15, 0.2) is 40.4 Å².